The molecule has 7 nitrogen and oxygen atoms in total. The van der Waals surface area contributed by atoms with E-state index in [9.17, 15) is 18.5 Å². The van der Waals surface area contributed by atoms with Crippen LogP contribution in [0.15, 0.2) is 47.4 Å². The minimum Gasteiger partial charge on any atom is -1.00 e. The van der Waals surface area contributed by atoms with Crippen molar-refractivity contribution in [3.05, 3.63) is 63.7 Å². The third-order valence-electron chi connectivity index (χ3n) is 2.90. The van der Waals surface area contributed by atoms with Crippen LogP contribution in [0.5, 0.6) is 0 Å². The summed E-state index contributed by atoms with van der Waals surface area (Å²) in [5, 5.41) is 19.8. The summed E-state index contributed by atoms with van der Waals surface area (Å²) in [6.07, 6.45) is 0. The van der Waals surface area contributed by atoms with Gasteiger partial charge in [-0.2, -0.15) is 5.26 Å². The number of sulfonamides is 1. The fraction of sp³-hybridized carbons (Fsp3) is 0.0714. The van der Waals surface area contributed by atoms with Gasteiger partial charge in [0, 0.05) is 6.07 Å². The Kier molecular flexibility index (Phi) is 6.29. The van der Waals surface area contributed by atoms with Gasteiger partial charge in [0.15, 0.2) is 0 Å². The molecule has 9 heteroatoms. The molecule has 2 aromatic rings. The van der Waals surface area contributed by atoms with E-state index in [-0.39, 0.29) is 47.1 Å². The fourth-order valence-corrected chi connectivity index (χ4v) is 2.83. The first kappa shape index (κ1) is 19.1. The Morgan fingerprint density at radius 1 is 1.22 bits per heavy atom. The molecule has 23 heavy (non-hydrogen) atoms. The SMILES string of the molecule is Cc1ccc(S(=O)(=O)Nc2ccc(C#N)cc2[N+](=O)[O-])cc1.[H-].[Na+]. The summed E-state index contributed by atoms with van der Waals surface area (Å²) in [6, 6.07) is 11.4. The molecule has 0 unspecified atom stereocenters. The monoisotopic (exact) mass is 341 g/mol. The molecule has 0 aliphatic carbocycles. The first-order valence-electron chi connectivity index (χ1n) is 6.11. The van der Waals surface area contributed by atoms with Crippen molar-refractivity contribution in [1.29, 1.82) is 5.26 Å². The molecule has 0 atom stereocenters. The Hall–Kier alpha value is -1.92. The van der Waals surface area contributed by atoms with Crippen molar-refractivity contribution in [2.24, 2.45) is 0 Å². The van der Waals surface area contributed by atoms with E-state index >= 15 is 0 Å². The van der Waals surface area contributed by atoms with E-state index in [4.69, 9.17) is 5.26 Å². The van der Waals surface area contributed by atoms with Crippen molar-refractivity contribution < 1.29 is 44.3 Å². The topological polar surface area (TPSA) is 113 Å². The van der Waals surface area contributed by atoms with Gasteiger partial charge >= 0.3 is 29.6 Å². The summed E-state index contributed by atoms with van der Waals surface area (Å²) in [4.78, 5) is 10.3. The Morgan fingerprint density at radius 2 is 1.83 bits per heavy atom. The molecule has 0 fully saturated rings. The maximum atomic E-state index is 12.2. The molecule has 0 saturated carbocycles. The van der Waals surface area contributed by atoms with E-state index < -0.39 is 20.6 Å². The third kappa shape index (κ3) is 4.53. The molecule has 0 saturated heterocycles. The van der Waals surface area contributed by atoms with Gasteiger partial charge < -0.3 is 1.43 Å². The van der Waals surface area contributed by atoms with Gasteiger partial charge in [0.05, 0.1) is 21.5 Å². The van der Waals surface area contributed by atoms with E-state index in [2.05, 4.69) is 4.72 Å². The van der Waals surface area contributed by atoms with Crippen LogP contribution in [0.2, 0.25) is 0 Å². The van der Waals surface area contributed by atoms with Crippen molar-refractivity contribution in [3.8, 4) is 6.07 Å². The number of aryl methyl sites for hydroxylation is 1. The predicted octanol–water partition coefficient (Wildman–Crippen LogP) is -0.308. The Labute approximate surface area is 156 Å². The molecule has 2 rings (SSSR count). The van der Waals surface area contributed by atoms with Crippen LogP contribution in [0.4, 0.5) is 11.4 Å². The van der Waals surface area contributed by atoms with Crippen LogP contribution in [0.3, 0.4) is 0 Å². The van der Waals surface area contributed by atoms with E-state index in [1.807, 2.05) is 6.92 Å². The molecule has 0 radical (unpaired) electrons. The first-order valence-corrected chi connectivity index (χ1v) is 7.60. The molecule has 0 bridgehead atoms. The molecule has 2 aromatic carbocycles. The Bertz CT molecular complexity index is 880. The number of nitro groups is 1. The molecule has 0 amide bonds. The van der Waals surface area contributed by atoms with Crippen molar-refractivity contribution in [1.82, 2.24) is 0 Å². The van der Waals surface area contributed by atoms with Gasteiger partial charge in [-0.1, -0.05) is 17.7 Å². The van der Waals surface area contributed by atoms with Crippen LogP contribution >= 0.6 is 0 Å². The second-order valence-electron chi connectivity index (χ2n) is 4.52. The third-order valence-corrected chi connectivity index (χ3v) is 4.28. The second kappa shape index (κ2) is 7.57. The number of nitriles is 1. The zero-order valence-corrected chi connectivity index (χ0v) is 15.3. The van der Waals surface area contributed by atoms with Gasteiger partial charge in [0.1, 0.15) is 5.69 Å². The summed E-state index contributed by atoms with van der Waals surface area (Å²) in [5.74, 6) is 0. The van der Waals surface area contributed by atoms with E-state index in [1.54, 1.807) is 18.2 Å². The van der Waals surface area contributed by atoms with Crippen LogP contribution in [0.1, 0.15) is 12.6 Å². The minimum absolute atomic E-state index is 0. The molecular weight excluding hydrogens is 329 g/mol. The van der Waals surface area contributed by atoms with Gasteiger partial charge in [-0.3, -0.25) is 14.8 Å². The summed E-state index contributed by atoms with van der Waals surface area (Å²) >= 11 is 0. The molecular formula is C14H12N3NaO4S. The maximum Gasteiger partial charge on any atom is 1.00 e. The zero-order chi connectivity index (χ0) is 16.3. The quantitative estimate of drug-likeness (QED) is 0.466. The van der Waals surface area contributed by atoms with E-state index in [0.717, 1.165) is 11.6 Å². The largest absolute Gasteiger partial charge is 1.00 e. The Morgan fingerprint density at radius 3 is 2.35 bits per heavy atom. The van der Waals surface area contributed by atoms with Crippen LogP contribution in [-0.2, 0) is 10.0 Å². The number of hydrogen-bond acceptors (Lipinski definition) is 5. The van der Waals surface area contributed by atoms with Crippen LogP contribution in [-0.4, -0.2) is 13.3 Å². The van der Waals surface area contributed by atoms with Crippen LogP contribution < -0.4 is 34.3 Å². The Balaban J connectivity index is 0.00000264. The summed E-state index contributed by atoms with van der Waals surface area (Å²) in [6.45, 7) is 1.81. The minimum atomic E-state index is -3.94. The van der Waals surface area contributed by atoms with Gasteiger partial charge in [-0.05, 0) is 31.2 Å². The summed E-state index contributed by atoms with van der Waals surface area (Å²) < 4.78 is 26.7. The molecule has 0 aliphatic rings. The van der Waals surface area contributed by atoms with Gasteiger partial charge in [0.25, 0.3) is 15.7 Å². The second-order valence-corrected chi connectivity index (χ2v) is 6.20. The number of rotatable bonds is 4. The van der Waals surface area contributed by atoms with Gasteiger partial charge in [-0.25, -0.2) is 8.42 Å². The van der Waals surface area contributed by atoms with Gasteiger partial charge in [-0.15, -0.1) is 0 Å². The van der Waals surface area contributed by atoms with Gasteiger partial charge in [0.2, 0.25) is 0 Å². The van der Waals surface area contributed by atoms with Crippen LogP contribution in [0.25, 0.3) is 0 Å². The van der Waals surface area contributed by atoms with Crippen molar-refractivity contribution in [2.75, 3.05) is 4.72 Å². The number of anilines is 1. The molecule has 114 valence electrons. The molecule has 0 aromatic heterocycles. The molecule has 0 aliphatic heterocycles. The fourth-order valence-electron chi connectivity index (χ4n) is 1.76. The number of benzene rings is 2. The molecule has 1 N–H and O–H groups in total. The van der Waals surface area contributed by atoms with E-state index in [1.165, 1.54) is 24.3 Å². The maximum absolute atomic E-state index is 12.2. The number of hydrogen-bond donors (Lipinski definition) is 1. The average molecular weight is 341 g/mol. The zero-order valence-electron chi connectivity index (χ0n) is 13.5. The summed E-state index contributed by atoms with van der Waals surface area (Å²) in [7, 11) is -3.94. The van der Waals surface area contributed by atoms with Crippen molar-refractivity contribution in [3.63, 3.8) is 0 Å². The van der Waals surface area contributed by atoms with E-state index in [0.29, 0.717) is 0 Å². The number of nitrogens with zero attached hydrogens (tertiary/aromatic N) is 2. The first-order chi connectivity index (χ1) is 10.3. The summed E-state index contributed by atoms with van der Waals surface area (Å²) in [5.41, 5.74) is 0.299. The normalized spacial score (nSPS) is 10.3. The molecule has 0 heterocycles. The van der Waals surface area contributed by atoms with Crippen molar-refractivity contribution in [2.45, 2.75) is 11.8 Å². The average Bonchev–Trinajstić information content (AvgIpc) is 2.47. The number of nitrogens with one attached hydrogen (secondary N) is 1. The predicted molar refractivity (Wildman–Crippen MR) is 80.9 cm³/mol. The molecule has 0 spiro atoms. The van der Waals surface area contributed by atoms with Crippen molar-refractivity contribution >= 4 is 21.4 Å². The standard InChI is InChI=1S/C14H11N3O4S.Na.H/c1-10-2-5-12(6-3-10)22(20,21)16-13-7-4-11(9-15)8-14(13)17(18)19;;/h2-8,16H,1H3;;/q;+1;-1. The van der Waals surface area contributed by atoms with Crippen LogP contribution in [0, 0.1) is 28.4 Å². The smallest absolute Gasteiger partial charge is 1.00 e. The number of nitro benzene ring substituents is 1.